The topological polar surface area (TPSA) is 91.1 Å². The molecule has 0 bridgehead atoms. The van der Waals surface area contributed by atoms with Crippen molar-refractivity contribution in [2.24, 2.45) is 10.8 Å². The maximum absolute atomic E-state index is 5.35. The summed E-state index contributed by atoms with van der Waals surface area (Å²) in [4.78, 5) is 11.3. The molecule has 0 amide bonds. The first kappa shape index (κ1) is 12.5. The van der Waals surface area contributed by atoms with E-state index in [1.807, 2.05) is 6.20 Å². The molecule has 0 aliphatic heterocycles. The quantitative estimate of drug-likeness (QED) is 0.182. The molecule has 90 valence electrons. The highest BCUT2D eigenvalue weighted by molar-refractivity contribution is 5.79. The number of nitrogens with two attached hydrogens (primary N) is 1. The Morgan fingerprint density at radius 3 is 3.12 bits per heavy atom. The van der Waals surface area contributed by atoms with Crippen molar-refractivity contribution in [2.45, 2.75) is 26.2 Å². The number of H-pyrrole nitrogens is 1. The summed E-state index contributed by atoms with van der Waals surface area (Å²) in [5.41, 5.74) is 3.65. The monoisotopic (exact) mass is 224 g/mol. The van der Waals surface area contributed by atoms with Crippen molar-refractivity contribution in [3.8, 4) is 0 Å². The summed E-state index contributed by atoms with van der Waals surface area (Å²) in [5, 5.41) is 3.13. The van der Waals surface area contributed by atoms with Crippen LogP contribution in [0.15, 0.2) is 17.5 Å². The van der Waals surface area contributed by atoms with Crippen LogP contribution in [-0.4, -0.2) is 29.0 Å². The fourth-order valence-corrected chi connectivity index (χ4v) is 1.24. The highest BCUT2D eigenvalue weighted by Gasteiger charge is 1.96. The van der Waals surface area contributed by atoms with Gasteiger partial charge in [0.05, 0.1) is 6.33 Å². The molecule has 0 spiro atoms. The molecule has 1 heterocycles. The number of unbranched alkanes of at least 4 members (excludes halogenated alkanes) is 1. The maximum atomic E-state index is 5.35. The van der Waals surface area contributed by atoms with Gasteiger partial charge in [-0.2, -0.15) is 0 Å². The summed E-state index contributed by atoms with van der Waals surface area (Å²) >= 11 is 0. The molecule has 1 rings (SSSR count). The zero-order chi connectivity index (χ0) is 11.6. The van der Waals surface area contributed by atoms with Gasteiger partial charge in [0.2, 0.25) is 5.96 Å². The second-order valence-electron chi connectivity index (χ2n) is 3.48. The molecule has 0 atom stereocenters. The second-order valence-corrected chi connectivity index (χ2v) is 3.48. The minimum Gasteiger partial charge on any atom is -0.355 e. The Bertz CT molecular complexity index is 292. The van der Waals surface area contributed by atoms with Gasteiger partial charge in [0.15, 0.2) is 0 Å². The van der Waals surface area contributed by atoms with E-state index in [4.69, 9.17) is 5.84 Å². The van der Waals surface area contributed by atoms with Gasteiger partial charge < -0.3 is 10.3 Å². The number of nitrogens with zero attached hydrogens (tertiary/aromatic N) is 2. The molecule has 1 aromatic rings. The van der Waals surface area contributed by atoms with Gasteiger partial charge >= 0.3 is 0 Å². The number of hydrogen-bond donors (Lipinski definition) is 4. The Hall–Kier alpha value is -1.56. The average molecular weight is 224 g/mol. The SMILES string of the molecule is CCCCN=C(NN)NCCc1cnc[nH]1. The standard InChI is InChI=1S/C10H20N6/c1-2-3-5-13-10(16-11)14-6-4-9-7-12-8-15-9/h7-8H,2-6,11H2,1H3,(H,12,15)(H2,13,14,16). The molecule has 16 heavy (non-hydrogen) atoms. The lowest BCUT2D eigenvalue weighted by Gasteiger charge is -2.08. The van der Waals surface area contributed by atoms with E-state index < -0.39 is 0 Å². The Balaban J connectivity index is 2.20. The third-order valence-corrected chi connectivity index (χ3v) is 2.16. The molecule has 0 saturated heterocycles. The summed E-state index contributed by atoms with van der Waals surface area (Å²) in [7, 11) is 0. The fourth-order valence-electron chi connectivity index (χ4n) is 1.24. The highest BCUT2D eigenvalue weighted by atomic mass is 15.3. The fraction of sp³-hybridized carbons (Fsp3) is 0.600. The lowest BCUT2D eigenvalue weighted by molar-refractivity contribution is 0.767. The van der Waals surface area contributed by atoms with Gasteiger partial charge in [-0.3, -0.25) is 10.4 Å². The molecule has 0 aliphatic carbocycles. The van der Waals surface area contributed by atoms with Gasteiger partial charge in [-0.1, -0.05) is 13.3 Å². The average Bonchev–Trinajstić information content (AvgIpc) is 2.80. The van der Waals surface area contributed by atoms with E-state index in [0.29, 0.717) is 5.96 Å². The number of imidazole rings is 1. The molecule has 5 N–H and O–H groups in total. The third-order valence-electron chi connectivity index (χ3n) is 2.16. The van der Waals surface area contributed by atoms with Crippen LogP contribution in [0.5, 0.6) is 0 Å². The molecule has 0 aromatic carbocycles. The minimum atomic E-state index is 0.646. The summed E-state index contributed by atoms with van der Waals surface area (Å²) < 4.78 is 0. The van der Waals surface area contributed by atoms with Gasteiger partial charge in [-0.25, -0.2) is 10.8 Å². The smallest absolute Gasteiger partial charge is 0.205 e. The van der Waals surface area contributed by atoms with Crippen LogP contribution in [0.3, 0.4) is 0 Å². The largest absolute Gasteiger partial charge is 0.355 e. The Morgan fingerprint density at radius 1 is 1.62 bits per heavy atom. The Kier molecular flexibility index (Phi) is 6.02. The zero-order valence-corrected chi connectivity index (χ0v) is 9.66. The van der Waals surface area contributed by atoms with Crippen LogP contribution >= 0.6 is 0 Å². The maximum Gasteiger partial charge on any atom is 0.205 e. The van der Waals surface area contributed by atoms with E-state index >= 15 is 0 Å². The van der Waals surface area contributed by atoms with E-state index in [0.717, 1.165) is 38.0 Å². The molecule has 0 radical (unpaired) electrons. The van der Waals surface area contributed by atoms with Crippen LogP contribution in [0.4, 0.5) is 0 Å². The number of nitrogens with one attached hydrogen (secondary N) is 3. The Labute approximate surface area is 95.7 Å². The molecular formula is C10H20N6. The van der Waals surface area contributed by atoms with Crippen LogP contribution in [0, 0.1) is 0 Å². The van der Waals surface area contributed by atoms with Crippen LogP contribution in [-0.2, 0) is 6.42 Å². The molecule has 0 aliphatic rings. The van der Waals surface area contributed by atoms with Crippen molar-refractivity contribution in [2.75, 3.05) is 13.1 Å². The van der Waals surface area contributed by atoms with Crippen LogP contribution in [0.1, 0.15) is 25.5 Å². The molecule has 6 nitrogen and oxygen atoms in total. The minimum absolute atomic E-state index is 0.646. The van der Waals surface area contributed by atoms with Crippen LogP contribution < -0.4 is 16.6 Å². The van der Waals surface area contributed by atoms with Crippen LogP contribution in [0.25, 0.3) is 0 Å². The number of aromatic nitrogens is 2. The van der Waals surface area contributed by atoms with E-state index in [1.165, 1.54) is 0 Å². The predicted octanol–water partition coefficient (Wildman–Crippen LogP) is 0.161. The summed E-state index contributed by atoms with van der Waals surface area (Å²) in [6.45, 7) is 3.71. The van der Waals surface area contributed by atoms with E-state index in [1.54, 1.807) is 6.33 Å². The number of hydrazine groups is 1. The first-order chi connectivity index (χ1) is 7.86. The number of aliphatic imine (C=N–C) groups is 1. The van der Waals surface area contributed by atoms with Crippen LogP contribution in [0.2, 0.25) is 0 Å². The van der Waals surface area contributed by atoms with Gasteiger partial charge in [0, 0.05) is 31.4 Å². The van der Waals surface area contributed by atoms with E-state index in [9.17, 15) is 0 Å². The van der Waals surface area contributed by atoms with Crippen molar-refractivity contribution in [3.05, 3.63) is 18.2 Å². The van der Waals surface area contributed by atoms with E-state index in [-0.39, 0.29) is 0 Å². The predicted molar refractivity (Wildman–Crippen MR) is 64.8 cm³/mol. The number of aromatic amines is 1. The summed E-state index contributed by atoms with van der Waals surface area (Å²) in [6, 6.07) is 0. The third kappa shape index (κ3) is 4.79. The number of rotatable bonds is 6. The summed E-state index contributed by atoms with van der Waals surface area (Å²) in [5.74, 6) is 6.00. The zero-order valence-electron chi connectivity index (χ0n) is 9.66. The Morgan fingerprint density at radius 2 is 2.50 bits per heavy atom. The molecule has 6 heteroatoms. The van der Waals surface area contributed by atoms with E-state index in [2.05, 4.69) is 32.6 Å². The summed E-state index contributed by atoms with van der Waals surface area (Å²) in [6.07, 6.45) is 6.57. The molecule has 0 unspecified atom stereocenters. The van der Waals surface area contributed by atoms with Crippen molar-refractivity contribution in [3.63, 3.8) is 0 Å². The molecule has 0 fully saturated rings. The molecular weight excluding hydrogens is 204 g/mol. The van der Waals surface area contributed by atoms with Gasteiger partial charge in [-0.15, -0.1) is 0 Å². The first-order valence-corrected chi connectivity index (χ1v) is 5.59. The normalized spacial score (nSPS) is 11.5. The number of hydrogen-bond acceptors (Lipinski definition) is 3. The van der Waals surface area contributed by atoms with Gasteiger partial charge in [-0.05, 0) is 6.42 Å². The molecule has 1 aromatic heterocycles. The molecule has 0 saturated carbocycles. The van der Waals surface area contributed by atoms with Gasteiger partial charge in [0.25, 0.3) is 0 Å². The van der Waals surface area contributed by atoms with Crippen molar-refractivity contribution in [1.82, 2.24) is 20.7 Å². The van der Waals surface area contributed by atoms with Crippen molar-refractivity contribution >= 4 is 5.96 Å². The van der Waals surface area contributed by atoms with Crippen molar-refractivity contribution < 1.29 is 0 Å². The van der Waals surface area contributed by atoms with Gasteiger partial charge in [0.1, 0.15) is 0 Å². The van der Waals surface area contributed by atoms with Crippen molar-refractivity contribution in [1.29, 1.82) is 0 Å². The lowest BCUT2D eigenvalue weighted by Crippen LogP contribution is -2.42. The number of guanidine groups is 1. The second kappa shape index (κ2) is 7.70. The highest BCUT2D eigenvalue weighted by Crippen LogP contribution is 1.90. The first-order valence-electron chi connectivity index (χ1n) is 5.59. The lowest BCUT2D eigenvalue weighted by atomic mass is 10.3.